The second-order valence-corrected chi connectivity index (χ2v) is 5.13. The van der Waals surface area contributed by atoms with Crippen molar-refractivity contribution in [2.45, 2.75) is 39.0 Å². The molecule has 0 aliphatic rings. The molecule has 1 rings (SSSR count). The van der Waals surface area contributed by atoms with Crippen LogP contribution in [0.5, 0.6) is 5.75 Å². The zero-order valence-corrected chi connectivity index (χ0v) is 12.5. The standard InChI is InChI=1S/C15H20F3NO3/c1-3-10(2)13(14(20)21)19-8-11-5-4-6-12(7-11)22-9-15(16,17)18/h4-7,10,13,19H,3,8-9H2,1-2H3,(H,20,21)/t10-,13-/m0/s1. The Labute approximate surface area is 127 Å². The summed E-state index contributed by atoms with van der Waals surface area (Å²) in [6.07, 6.45) is -3.68. The SMILES string of the molecule is CC[C@H](C)[C@H](NCc1cccc(OCC(F)(F)F)c1)C(=O)O. The molecule has 1 aromatic carbocycles. The molecule has 4 nitrogen and oxygen atoms in total. The van der Waals surface area contributed by atoms with Crippen LogP contribution in [0.25, 0.3) is 0 Å². The molecular formula is C15H20F3NO3. The second-order valence-electron chi connectivity index (χ2n) is 5.13. The number of carboxylic acids is 1. The Morgan fingerprint density at radius 3 is 2.64 bits per heavy atom. The van der Waals surface area contributed by atoms with E-state index in [2.05, 4.69) is 10.1 Å². The molecule has 0 spiro atoms. The van der Waals surface area contributed by atoms with Gasteiger partial charge in [0.1, 0.15) is 11.8 Å². The lowest BCUT2D eigenvalue weighted by Gasteiger charge is -2.20. The Morgan fingerprint density at radius 2 is 2.09 bits per heavy atom. The number of aliphatic carboxylic acids is 1. The van der Waals surface area contributed by atoms with Crippen molar-refractivity contribution in [3.05, 3.63) is 29.8 Å². The molecule has 0 unspecified atom stereocenters. The van der Waals surface area contributed by atoms with Gasteiger partial charge in [0, 0.05) is 6.54 Å². The molecule has 1 aromatic rings. The maximum Gasteiger partial charge on any atom is 0.422 e. The van der Waals surface area contributed by atoms with Crippen LogP contribution in [0, 0.1) is 5.92 Å². The number of carbonyl (C=O) groups is 1. The van der Waals surface area contributed by atoms with Gasteiger partial charge in [0.15, 0.2) is 6.61 Å². The number of halogens is 3. The fourth-order valence-electron chi connectivity index (χ4n) is 1.91. The first-order valence-electron chi connectivity index (χ1n) is 6.97. The summed E-state index contributed by atoms with van der Waals surface area (Å²) >= 11 is 0. The van der Waals surface area contributed by atoms with Gasteiger partial charge in [-0.2, -0.15) is 13.2 Å². The Balaban J connectivity index is 2.64. The van der Waals surface area contributed by atoms with Crippen LogP contribution in [-0.2, 0) is 11.3 Å². The predicted molar refractivity (Wildman–Crippen MR) is 75.7 cm³/mol. The van der Waals surface area contributed by atoms with Gasteiger partial charge in [-0.1, -0.05) is 32.4 Å². The third kappa shape index (κ3) is 6.34. The van der Waals surface area contributed by atoms with E-state index >= 15 is 0 Å². The average molecular weight is 319 g/mol. The zero-order chi connectivity index (χ0) is 16.8. The summed E-state index contributed by atoms with van der Waals surface area (Å²) < 4.78 is 41.0. The number of rotatable bonds is 8. The highest BCUT2D eigenvalue weighted by Crippen LogP contribution is 2.19. The molecule has 0 amide bonds. The summed E-state index contributed by atoms with van der Waals surface area (Å²) in [5.74, 6) is -0.895. The zero-order valence-electron chi connectivity index (χ0n) is 12.5. The Kier molecular flexibility index (Phi) is 6.67. The first-order chi connectivity index (χ1) is 10.2. The average Bonchev–Trinajstić information content (AvgIpc) is 2.44. The number of ether oxygens (including phenoxy) is 1. The summed E-state index contributed by atoms with van der Waals surface area (Å²) in [7, 11) is 0. The van der Waals surface area contributed by atoms with E-state index in [4.69, 9.17) is 5.11 Å². The molecule has 7 heteroatoms. The van der Waals surface area contributed by atoms with Gasteiger partial charge in [0.05, 0.1) is 0 Å². The predicted octanol–water partition coefficient (Wildman–Crippen LogP) is 3.22. The van der Waals surface area contributed by atoms with Gasteiger partial charge in [-0.15, -0.1) is 0 Å². The summed E-state index contributed by atoms with van der Waals surface area (Å²) in [4.78, 5) is 11.2. The van der Waals surface area contributed by atoms with Crippen molar-refractivity contribution in [3.63, 3.8) is 0 Å². The van der Waals surface area contributed by atoms with Crippen LogP contribution in [0.15, 0.2) is 24.3 Å². The van der Waals surface area contributed by atoms with Crippen LogP contribution in [-0.4, -0.2) is 29.9 Å². The minimum Gasteiger partial charge on any atom is -0.484 e. The molecule has 2 N–H and O–H groups in total. The van der Waals surface area contributed by atoms with Crippen LogP contribution in [0.2, 0.25) is 0 Å². The van der Waals surface area contributed by atoms with Crippen LogP contribution in [0.1, 0.15) is 25.8 Å². The van der Waals surface area contributed by atoms with E-state index in [0.29, 0.717) is 12.0 Å². The van der Waals surface area contributed by atoms with E-state index in [-0.39, 0.29) is 18.2 Å². The Morgan fingerprint density at radius 1 is 1.41 bits per heavy atom. The number of nitrogens with one attached hydrogen (secondary N) is 1. The lowest BCUT2D eigenvalue weighted by atomic mass is 9.99. The number of benzene rings is 1. The van der Waals surface area contributed by atoms with E-state index in [9.17, 15) is 18.0 Å². The number of hydrogen-bond donors (Lipinski definition) is 2. The van der Waals surface area contributed by atoms with E-state index in [1.807, 2.05) is 13.8 Å². The maximum atomic E-state index is 12.1. The van der Waals surface area contributed by atoms with Crippen molar-refractivity contribution in [2.75, 3.05) is 6.61 Å². The third-order valence-electron chi connectivity index (χ3n) is 3.31. The second kappa shape index (κ2) is 8.03. The molecule has 0 aliphatic carbocycles. The highest BCUT2D eigenvalue weighted by molar-refractivity contribution is 5.73. The molecule has 0 heterocycles. The first kappa shape index (κ1) is 18.3. The molecule has 2 atom stereocenters. The van der Waals surface area contributed by atoms with Gasteiger partial charge in [0.2, 0.25) is 0 Å². The van der Waals surface area contributed by atoms with Gasteiger partial charge in [0.25, 0.3) is 0 Å². The van der Waals surface area contributed by atoms with Crippen molar-refractivity contribution >= 4 is 5.97 Å². The monoisotopic (exact) mass is 319 g/mol. The van der Waals surface area contributed by atoms with Gasteiger partial charge in [-0.3, -0.25) is 4.79 Å². The fraction of sp³-hybridized carbons (Fsp3) is 0.533. The molecule has 124 valence electrons. The minimum atomic E-state index is -4.39. The maximum absolute atomic E-state index is 12.1. The van der Waals surface area contributed by atoms with E-state index in [1.165, 1.54) is 12.1 Å². The van der Waals surface area contributed by atoms with Crippen molar-refractivity contribution in [3.8, 4) is 5.75 Å². The molecule has 0 aromatic heterocycles. The molecular weight excluding hydrogens is 299 g/mol. The molecule has 22 heavy (non-hydrogen) atoms. The summed E-state index contributed by atoms with van der Waals surface area (Å²) in [6, 6.07) is 5.46. The Hall–Kier alpha value is -1.76. The summed E-state index contributed by atoms with van der Waals surface area (Å²) in [6.45, 7) is 2.61. The quantitative estimate of drug-likeness (QED) is 0.772. The van der Waals surface area contributed by atoms with Crippen LogP contribution >= 0.6 is 0 Å². The fourth-order valence-corrected chi connectivity index (χ4v) is 1.91. The van der Waals surface area contributed by atoms with E-state index in [0.717, 1.165) is 0 Å². The van der Waals surface area contributed by atoms with Gasteiger partial charge in [-0.25, -0.2) is 0 Å². The topological polar surface area (TPSA) is 58.6 Å². The molecule has 0 radical (unpaired) electrons. The van der Waals surface area contributed by atoms with Crippen LogP contribution in [0.4, 0.5) is 13.2 Å². The third-order valence-corrected chi connectivity index (χ3v) is 3.31. The summed E-state index contributed by atoms with van der Waals surface area (Å²) in [5.41, 5.74) is 0.661. The number of alkyl halides is 3. The first-order valence-corrected chi connectivity index (χ1v) is 6.97. The van der Waals surface area contributed by atoms with Crippen molar-refractivity contribution < 1.29 is 27.8 Å². The minimum absolute atomic E-state index is 0.0536. The largest absolute Gasteiger partial charge is 0.484 e. The van der Waals surface area contributed by atoms with Gasteiger partial charge < -0.3 is 15.2 Å². The molecule has 0 aliphatic heterocycles. The lowest BCUT2D eigenvalue weighted by molar-refractivity contribution is -0.153. The highest BCUT2D eigenvalue weighted by Gasteiger charge is 2.28. The summed E-state index contributed by atoms with van der Waals surface area (Å²) in [5, 5.41) is 12.1. The molecule has 0 fully saturated rings. The number of hydrogen-bond acceptors (Lipinski definition) is 3. The lowest BCUT2D eigenvalue weighted by Crippen LogP contribution is -2.41. The molecule has 0 bridgehead atoms. The van der Waals surface area contributed by atoms with Crippen LogP contribution < -0.4 is 10.1 Å². The smallest absolute Gasteiger partial charge is 0.422 e. The number of carboxylic acid groups (broad SMARTS) is 1. The normalized spacial score (nSPS) is 14.4. The van der Waals surface area contributed by atoms with E-state index < -0.39 is 24.8 Å². The Bertz CT molecular complexity index is 491. The molecule has 0 saturated carbocycles. The van der Waals surface area contributed by atoms with Crippen molar-refractivity contribution in [2.24, 2.45) is 5.92 Å². The van der Waals surface area contributed by atoms with Gasteiger partial charge in [-0.05, 0) is 23.6 Å². The van der Waals surface area contributed by atoms with Crippen molar-refractivity contribution in [1.82, 2.24) is 5.32 Å². The van der Waals surface area contributed by atoms with Crippen LogP contribution in [0.3, 0.4) is 0 Å². The molecule has 0 saturated heterocycles. The van der Waals surface area contributed by atoms with Gasteiger partial charge >= 0.3 is 12.1 Å². The van der Waals surface area contributed by atoms with Crippen molar-refractivity contribution in [1.29, 1.82) is 0 Å². The van der Waals surface area contributed by atoms with E-state index in [1.54, 1.807) is 12.1 Å². The highest BCUT2D eigenvalue weighted by atomic mass is 19.4.